The molecule has 0 saturated heterocycles. The fourth-order valence-electron chi connectivity index (χ4n) is 4.84. The van der Waals surface area contributed by atoms with E-state index in [0.29, 0.717) is 12.0 Å². The summed E-state index contributed by atoms with van der Waals surface area (Å²) < 4.78 is 0. The summed E-state index contributed by atoms with van der Waals surface area (Å²) >= 11 is 0. The molecule has 4 atom stereocenters. The lowest BCUT2D eigenvalue weighted by Crippen LogP contribution is -2.41. The standard InChI is InChI=1S/C11H16O/c12-5-11-2-1-6(7-3-9(7)11)8-4-10(8)11/h6-10,12H,1-5H2/t6?,7-,8-,9-,10-,11?/m1/s1. The third-order valence-electron chi connectivity index (χ3n) is 5.49. The normalized spacial score (nSPS) is 70.2. The summed E-state index contributed by atoms with van der Waals surface area (Å²) in [6.07, 6.45) is 5.75. The van der Waals surface area contributed by atoms with Crippen LogP contribution in [0.4, 0.5) is 0 Å². The van der Waals surface area contributed by atoms with E-state index < -0.39 is 0 Å². The summed E-state index contributed by atoms with van der Waals surface area (Å²) in [5.74, 6) is 5.16. The number of rotatable bonds is 1. The molecular weight excluding hydrogens is 148 g/mol. The minimum atomic E-state index is 0.448. The van der Waals surface area contributed by atoms with Crippen molar-refractivity contribution in [2.45, 2.75) is 25.7 Å². The van der Waals surface area contributed by atoms with Gasteiger partial charge in [-0.2, -0.15) is 0 Å². The van der Waals surface area contributed by atoms with Gasteiger partial charge in [-0.05, 0) is 60.7 Å². The summed E-state index contributed by atoms with van der Waals surface area (Å²) in [6.45, 7) is 0.502. The van der Waals surface area contributed by atoms with Gasteiger partial charge in [0.15, 0.2) is 0 Å². The molecule has 0 heterocycles. The number of aliphatic hydroxyl groups is 1. The highest BCUT2D eigenvalue weighted by molar-refractivity contribution is 5.21. The minimum absolute atomic E-state index is 0.448. The second-order valence-electron chi connectivity index (χ2n) is 5.61. The van der Waals surface area contributed by atoms with Crippen molar-refractivity contribution >= 4 is 0 Å². The first kappa shape index (κ1) is 6.42. The van der Waals surface area contributed by atoms with Crippen LogP contribution < -0.4 is 0 Å². The van der Waals surface area contributed by atoms with Gasteiger partial charge >= 0.3 is 0 Å². The first-order valence-corrected chi connectivity index (χ1v) is 5.48. The van der Waals surface area contributed by atoms with Crippen molar-refractivity contribution in [3.63, 3.8) is 0 Å². The van der Waals surface area contributed by atoms with Crippen molar-refractivity contribution in [2.24, 2.45) is 35.0 Å². The molecule has 5 saturated carbocycles. The second-order valence-corrected chi connectivity index (χ2v) is 5.61. The van der Waals surface area contributed by atoms with Crippen LogP contribution in [0.5, 0.6) is 0 Å². The van der Waals surface area contributed by atoms with Gasteiger partial charge < -0.3 is 5.11 Å². The Bertz CT molecular complexity index is 229. The Hall–Kier alpha value is -0.0400. The number of aliphatic hydroxyl groups excluding tert-OH is 1. The summed E-state index contributed by atoms with van der Waals surface area (Å²) in [4.78, 5) is 0. The van der Waals surface area contributed by atoms with Gasteiger partial charge in [0.25, 0.3) is 0 Å². The Balaban J connectivity index is 1.83. The maximum atomic E-state index is 9.56. The molecule has 0 aliphatic heterocycles. The van der Waals surface area contributed by atoms with Gasteiger partial charge in [0.05, 0.1) is 0 Å². The summed E-state index contributed by atoms with van der Waals surface area (Å²) in [6, 6.07) is 0. The van der Waals surface area contributed by atoms with E-state index in [2.05, 4.69) is 0 Å². The van der Waals surface area contributed by atoms with Crippen molar-refractivity contribution in [2.75, 3.05) is 6.61 Å². The molecule has 66 valence electrons. The molecule has 5 aliphatic carbocycles. The van der Waals surface area contributed by atoms with Crippen LogP contribution in [0.3, 0.4) is 0 Å². The highest BCUT2D eigenvalue weighted by atomic mass is 16.3. The zero-order chi connectivity index (χ0) is 7.92. The van der Waals surface area contributed by atoms with E-state index in [9.17, 15) is 5.11 Å². The SMILES string of the molecule is OCC12CCC([C@H]3C[C@H]31)[C@H]1C[C@H]12. The molecule has 5 fully saturated rings. The molecule has 1 N–H and O–H groups in total. The maximum Gasteiger partial charge on any atom is 0.0492 e. The topological polar surface area (TPSA) is 20.2 Å². The molecule has 0 aromatic rings. The van der Waals surface area contributed by atoms with E-state index in [1.807, 2.05) is 0 Å². The number of fused-ring (bicyclic) bond motifs is 1. The highest BCUT2D eigenvalue weighted by Gasteiger charge is 2.73. The van der Waals surface area contributed by atoms with E-state index in [1.54, 1.807) is 0 Å². The Morgan fingerprint density at radius 3 is 2.33 bits per heavy atom. The predicted octanol–water partition coefficient (Wildman–Crippen LogP) is 1.66. The Kier molecular flexibility index (Phi) is 0.863. The molecule has 12 heavy (non-hydrogen) atoms. The fourth-order valence-corrected chi connectivity index (χ4v) is 4.84. The van der Waals surface area contributed by atoms with Crippen LogP contribution in [0.1, 0.15) is 25.7 Å². The average Bonchev–Trinajstić information content (AvgIpc) is 2.96. The molecule has 5 aliphatic rings. The molecule has 1 heteroatoms. The molecule has 1 nitrogen and oxygen atoms in total. The predicted molar refractivity (Wildman–Crippen MR) is 45.4 cm³/mol. The fraction of sp³-hybridized carbons (Fsp3) is 1.00. The van der Waals surface area contributed by atoms with Crippen LogP contribution in [-0.4, -0.2) is 11.7 Å². The molecule has 0 aromatic carbocycles. The van der Waals surface area contributed by atoms with Crippen LogP contribution >= 0.6 is 0 Å². The molecule has 2 bridgehead atoms. The smallest absolute Gasteiger partial charge is 0.0492 e. The van der Waals surface area contributed by atoms with Crippen LogP contribution in [0, 0.1) is 35.0 Å². The highest BCUT2D eigenvalue weighted by Crippen LogP contribution is 2.79. The maximum absolute atomic E-state index is 9.56. The van der Waals surface area contributed by atoms with Gasteiger partial charge in [-0.25, -0.2) is 0 Å². The van der Waals surface area contributed by atoms with E-state index >= 15 is 0 Å². The van der Waals surface area contributed by atoms with E-state index in [0.717, 1.165) is 29.6 Å². The zero-order valence-electron chi connectivity index (χ0n) is 7.37. The quantitative estimate of drug-likeness (QED) is 0.625. The van der Waals surface area contributed by atoms with Crippen molar-refractivity contribution in [3.8, 4) is 0 Å². The van der Waals surface area contributed by atoms with Gasteiger partial charge in [-0.3, -0.25) is 0 Å². The van der Waals surface area contributed by atoms with Crippen molar-refractivity contribution in [3.05, 3.63) is 0 Å². The zero-order valence-corrected chi connectivity index (χ0v) is 7.37. The van der Waals surface area contributed by atoms with E-state index in [-0.39, 0.29) is 0 Å². The Labute approximate surface area is 73.2 Å². The molecule has 0 amide bonds. The third-order valence-corrected chi connectivity index (χ3v) is 5.49. The second kappa shape index (κ2) is 1.61. The van der Waals surface area contributed by atoms with Gasteiger partial charge in [-0.15, -0.1) is 0 Å². The van der Waals surface area contributed by atoms with Gasteiger partial charge in [0, 0.05) is 6.61 Å². The van der Waals surface area contributed by atoms with E-state index in [1.165, 1.54) is 25.7 Å². The van der Waals surface area contributed by atoms with Crippen molar-refractivity contribution in [1.29, 1.82) is 0 Å². The summed E-state index contributed by atoms with van der Waals surface area (Å²) in [7, 11) is 0. The van der Waals surface area contributed by atoms with Gasteiger partial charge in [0.1, 0.15) is 0 Å². The lowest BCUT2D eigenvalue weighted by atomic mass is 9.61. The van der Waals surface area contributed by atoms with Crippen molar-refractivity contribution < 1.29 is 5.11 Å². The molecular formula is C11H16O. The first-order valence-electron chi connectivity index (χ1n) is 5.48. The van der Waals surface area contributed by atoms with Crippen LogP contribution in [-0.2, 0) is 0 Å². The van der Waals surface area contributed by atoms with E-state index in [4.69, 9.17) is 0 Å². The van der Waals surface area contributed by atoms with Crippen LogP contribution in [0.25, 0.3) is 0 Å². The average molecular weight is 164 g/mol. The summed E-state index contributed by atoms with van der Waals surface area (Å²) in [5.41, 5.74) is 0.448. The Morgan fingerprint density at radius 1 is 1.08 bits per heavy atom. The number of hydrogen-bond acceptors (Lipinski definition) is 1. The monoisotopic (exact) mass is 164 g/mol. The molecule has 0 aromatic heterocycles. The van der Waals surface area contributed by atoms with Gasteiger partial charge in [-0.1, -0.05) is 0 Å². The molecule has 0 spiro atoms. The minimum Gasteiger partial charge on any atom is -0.396 e. The van der Waals surface area contributed by atoms with Crippen molar-refractivity contribution in [1.82, 2.24) is 0 Å². The first-order chi connectivity index (χ1) is 5.87. The summed E-state index contributed by atoms with van der Waals surface area (Å²) in [5, 5.41) is 9.56. The van der Waals surface area contributed by atoms with Gasteiger partial charge in [0.2, 0.25) is 0 Å². The third kappa shape index (κ3) is 0.477. The molecule has 0 unspecified atom stereocenters. The van der Waals surface area contributed by atoms with Crippen LogP contribution in [0.2, 0.25) is 0 Å². The largest absolute Gasteiger partial charge is 0.396 e. The molecule has 0 radical (unpaired) electrons. The molecule has 5 rings (SSSR count). The number of hydrogen-bond donors (Lipinski definition) is 1. The Morgan fingerprint density at radius 2 is 1.75 bits per heavy atom. The lowest BCUT2D eigenvalue weighted by molar-refractivity contribution is -0.0141. The van der Waals surface area contributed by atoms with Crippen LogP contribution in [0.15, 0.2) is 0 Å². The lowest BCUT2D eigenvalue weighted by Gasteiger charge is -2.44.